The van der Waals surface area contributed by atoms with Crippen molar-refractivity contribution in [2.24, 2.45) is 0 Å². The fourth-order valence-electron chi connectivity index (χ4n) is 2.37. The summed E-state index contributed by atoms with van der Waals surface area (Å²) in [6.07, 6.45) is 1.91. The van der Waals surface area contributed by atoms with Crippen LogP contribution < -0.4 is 0 Å². The predicted octanol–water partition coefficient (Wildman–Crippen LogP) is 4.45. The normalized spacial score (nSPS) is 12.3. The summed E-state index contributed by atoms with van der Waals surface area (Å²) in [7, 11) is 0. The molecule has 0 spiro atoms. The van der Waals surface area contributed by atoms with Crippen LogP contribution in [0.4, 0.5) is 4.39 Å². The number of hydrogen-bond donors (Lipinski definition) is 0. The summed E-state index contributed by atoms with van der Waals surface area (Å²) < 4.78 is 15.9. The van der Waals surface area contributed by atoms with Gasteiger partial charge in [0.15, 0.2) is 5.82 Å². The number of rotatable bonds is 4. The zero-order valence-electron chi connectivity index (χ0n) is 11.0. The SMILES string of the molecule is CCC(C)(CC)n1c(CCl)nc2c(F)cccc21. The molecule has 2 aromatic rings. The van der Waals surface area contributed by atoms with E-state index in [-0.39, 0.29) is 11.4 Å². The number of para-hydroxylation sites is 1. The minimum absolute atomic E-state index is 0.0766. The number of hydrogen-bond acceptors (Lipinski definition) is 1. The van der Waals surface area contributed by atoms with Gasteiger partial charge in [0.2, 0.25) is 0 Å². The Hall–Kier alpha value is -1.09. The van der Waals surface area contributed by atoms with Gasteiger partial charge >= 0.3 is 0 Å². The molecule has 0 saturated carbocycles. The summed E-state index contributed by atoms with van der Waals surface area (Å²) in [6.45, 7) is 6.42. The van der Waals surface area contributed by atoms with E-state index in [2.05, 4.69) is 30.3 Å². The lowest BCUT2D eigenvalue weighted by molar-refractivity contribution is 0.296. The van der Waals surface area contributed by atoms with Gasteiger partial charge in [0, 0.05) is 5.54 Å². The highest BCUT2D eigenvalue weighted by atomic mass is 35.5. The molecule has 0 aliphatic heterocycles. The van der Waals surface area contributed by atoms with Gasteiger partial charge in [-0.2, -0.15) is 0 Å². The molecule has 0 fully saturated rings. The molecular formula is C14H18ClFN2. The number of benzene rings is 1. The standard InChI is InChI=1S/C14H18ClFN2/c1-4-14(3,5-2)18-11-8-6-7-10(16)13(11)17-12(18)9-15/h6-8H,4-5,9H2,1-3H3. The highest BCUT2D eigenvalue weighted by molar-refractivity contribution is 6.16. The zero-order chi connectivity index (χ0) is 13.3. The monoisotopic (exact) mass is 268 g/mol. The van der Waals surface area contributed by atoms with Gasteiger partial charge in [-0.3, -0.25) is 0 Å². The number of alkyl halides is 1. The van der Waals surface area contributed by atoms with Gasteiger partial charge in [0.1, 0.15) is 11.3 Å². The molecule has 0 amide bonds. The predicted molar refractivity (Wildman–Crippen MR) is 73.5 cm³/mol. The number of aromatic nitrogens is 2. The molecule has 2 nitrogen and oxygen atoms in total. The molecule has 0 aliphatic carbocycles. The van der Waals surface area contributed by atoms with Crippen LogP contribution in [0.5, 0.6) is 0 Å². The molecule has 98 valence electrons. The van der Waals surface area contributed by atoms with Crippen molar-refractivity contribution in [1.82, 2.24) is 9.55 Å². The van der Waals surface area contributed by atoms with Gasteiger partial charge in [0.05, 0.1) is 11.4 Å². The number of imidazole rings is 1. The maximum absolute atomic E-state index is 13.8. The van der Waals surface area contributed by atoms with Gasteiger partial charge in [-0.05, 0) is 31.9 Å². The quantitative estimate of drug-likeness (QED) is 0.749. The Morgan fingerprint density at radius 3 is 2.56 bits per heavy atom. The summed E-state index contributed by atoms with van der Waals surface area (Å²) >= 11 is 5.97. The topological polar surface area (TPSA) is 17.8 Å². The average Bonchev–Trinajstić information content (AvgIpc) is 2.78. The van der Waals surface area contributed by atoms with Crippen LogP contribution >= 0.6 is 11.6 Å². The third kappa shape index (κ3) is 1.91. The van der Waals surface area contributed by atoms with E-state index in [0.29, 0.717) is 11.4 Å². The lowest BCUT2D eigenvalue weighted by Gasteiger charge is -2.31. The summed E-state index contributed by atoms with van der Waals surface area (Å²) in [5, 5.41) is 0. The van der Waals surface area contributed by atoms with Crippen molar-refractivity contribution < 1.29 is 4.39 Å². The van der Waals surface area contributed by atoms with E-state index in [0.717, 1.165) is 24.2 Å². The summed E-state index contributed by atoms with van der Waals surface area (Å²) in [4.78, 5) is 4.35. The van der Waals surface area contributed by atoms with Crippen LogP contribution in [0.1, 0.15) is 39.4 Å². The van der Waals surface area contributed by atoms with Crippen LogP contribution in [-0.4, -0.2) is 9.55 Å². The first-order chi connectivity index (χ1) is 8.57. The first-order valence-corrected chi connectivity index (χ1v) is 6.83. The van der Waals surface area contributed by atoms with Crippen molar-refractivity contribution in [3.05, 3.63) is 29.8 Å². The molecule has 0 bridgehead atoms. The van der Waals surface area contributed by atoms with Crippen molar-refractivity contribution in [1.29, 1.82) is 0 Å². The fourth-order valence-corrected chi connectivity index (χ4v) is 2.55. The largest absolute Gasteiger partial charge is 0.321 e. The smallest absolute Gasteiger partial charge is 0.151 e. The molecule has 18 heavy (non-hydrogen) atoms. The molecule has 1 aromatic carbocycles. The van der Waals surface area contributed by atoms with Crippen molar-refractivity contribution in [3.8, 4) is 0 Å². The highest BCUT2D eigenvalue weighted by Crippen LogP contribution is 2.32. The van der Waals surface area contributed by atoms with E-state index in [1.807, 2.05) is 6.07 Å². The Morgan fingerprint density at radius 1 is 1.33 bits per heavy atom. The maximum Gasteiger partial charge on any atom is 0.151 e. The summed E-state index contributed by atoms with van der Waals surface area (Å²) in [6, 6.07) is 5.07. The van der Waals surface area contributed by atoms with Crippen molar-refractivity contribution >= 4 is 22.6 Å². The van der Waals surface area contributed by atoms with Gasteiger partial charge in [-0.25, -0.2) is 9.37 Å². The van der Waals surface area contributed by atoms with Crippen molar-refractivity contribution in [2.45, 2.75) is 45.0 Å². The number of fused-ring (bicyclic) bond motifs is 1. The summed E-state index contributed by atoms with van der Waals surface area (Å²) in [5.74, 6) is 0.749. The second-order valence-electron chi connectivity index (χ2n) is 4.81. The second kappa shape index (κ2) is 4.88. The lowest BCUT2D eigenvalue weighted by Crippen LogP contribution is -2.29. The molecule has 4 heteroatoms. The lowest BCUT2D eigenvalue weighted by atomic mass is 9.94. The molecular weight excluding hydrogens is 251 g/mol. The average molecular weight is 269 g/mol. The van der Waals surface area contributed by atoms with Crippen LogP contribution in [0.25, 0.3) is 11.0 Å². The third-order valence-corrected chi connectivity index (χ3v) is 4.13. The Balaban J connectivity index is 2.79. The minimum atomic E-state index is -0.285. The summed E-state index contributed by atoms with van der Waals surface area (Å²) in [5.41, 5.74) is 1.17. The van der Waals surface area contributed by atoms with Gasteiger partial charge in [0.25, 0.3) is 0 Å². The Kier molecular flexibility index (Phi) is 3.62. The van der Waals surface area contributed by atoms with Crippen LogP contribution in [0.2, 0.25) is 0 Å². The van der Waals surface area contributed by atoms with E-state index in [9.17, 15) is 4.39 Å². The molecule has 0 aliphatic rings. The van der Waals surface area contributed by atoms with Gasteiger partial charge in [-0.15, -0.1) is 11.6 Å². The van der Waals surface area contributed by atoms with Crippen molar-refractivity contribution in [3.63, 3.8) is 0 Å². The highest BCUT2D eigenvalue weighted by Gasteiger charge is 2.27. The van der Waals surface area contributed by atoms with Crippen LogP contribution in [0.15, 0.2) is 18.2 Å². The van der Waals surface area contributed by atoms with Gasteiger partial charge in [-0.1, -0.05) is 19.9 Å². The fraction of sp³-hybridized carbons (Fsp3) is 0.500. The maximum atomic E-state index is 13.8. The molecule has 1 aromatic heterocycles. The van der Waals surface area contributed by atoms with E-state index >= 15 is 0 Å². The third-order valence-electron chi connectivity index (χ3n) is 3.89. The molecule has 2 rings (SSSR count). The zero-order valence-corrected chi connectivity index (χ0v) is 11.8. The van der Waals surface area contributed by atoms with Crippen LogP contribution in [-0.2, 0) is 11.4 Å². The Bertz CT molecular complexity index is 558. The molecule has 1 heterocycles. The van der Waals surface area contributed by atoms with E-state index in [4.69, 9.17) is 11.6 Å². The van der Waals surface area contributed by atoms with E-state index in [1.54, 1.807) is 6.07 Å². The van der Waals surface area contributed by atoms with E-state index < -0.39 is 0 Å². The molecule has 0 saturated heterocycles. The first kappa shape index (κ1) is 13.3. The van der Waals surface area contributed by atoms with E-state index in [1.165, 1.54) is 6.07 Å². The first-order valence-electron chi connectivity index (χ1n) is 6.29. The minimum Gasteiger partial charge on any atom is -0.321 e. The van der Waals surface area contributed by atoms with Gasteiger partial charge < -0.3 is 4.57 Å². The Labute approximate surface area is 112 Å². The van der Waals surface area contributed by atoms with Crippen LogP contribution in [0, 0.1) is 5.82 Å². The number of nitrogens with zero attached hydrogens (tertiary/aromatic N) is 2. The molecule has 0 unspecified atom stereocenters. The molecule has 0 atom stereocenters. The molecule has 0 N–H and O–H groups in total. The second-order valence-corrected chi connectivity index (χ2v) is 5.08. The Morgan fingerprint density at radius 2 is 2.00 bits per heavy atom. The van der Waals surface area contributed by atoms with Crippen molar-refractivity contribution in [2.75, 3.05) is 0 Å². The number of halogens is 2. The molecule has 0 radical (unpaired) electrons. The van der Waals surface area contributed by atoms with Crippen LogP contribution in [0.3, 0.4) is 0 Å².